The van der Waals surface area contributed by atoms with Crippen molar-refractivity contribution in [3.05, 3.63) is 46.4 Å². The molecule has 1 amide bonds. The third-order valence-corrected chi connectivity index (χ3v) is 3.89. The topological polar surface area (TPSA) is 20.3 Å². The van der Waals surface area contributed by atoms with Gasteiger partial charge >= 0.3 is 0 Å². The molecule has 0 saturated heterocycles. The largest absolute Gasteiger partial charge is 0.336 e. The Balaban J connectivity index is 2.36. The van der Waals surface area contributed by atoms with Gasteiger partial charge in [-0.3, -0.25) is 4.79 Å². The molecule has 0 spiro atoms. The van der Waals surface area contributed by atoms with E-state index in [1.54, 1.807) is 0 Å². The van der Waals surface area contributed by atoms with Crippen molar-refractivity contribution in [1.82, 2.24) is 4.90 Å². The first-order valence-electron chi connectivity index (χ1n) is 7.03. The number of carbonyl (C=O) groups is 1. The predicted molar refractivity (Wildman–Crippen MR) is 88.1 cm³/mol. The highest BCUT2D eigenvalue weighted by atomic mass is 79.9. The Kier molecular flexibility index (Phi) is 4.81. The molecule has 0 atom stereocenters. The zero-order chi connectivity index (χ0) is 14.7. The highest BCUT2D eigenvalue weighted by molar-refractivity contribution is 9.10. The van der Waals surface area contributed by atoms with Crippen molar-refractivity contribution in [3.8, 4) is 0 Å². The third-order valence-electron chi connectivity index (χ3n) is 3.40. The van der Waals surface area contributed by atoms with E-state index in [2.05, 4.69) is 42.8 Å². The van der Waals surface area contributed by atoms with Crippen molar-refractivity contribution < 1.29 is 4.79 Å². The van der Waals surface area contributed by atoms with Crippen LogP contribution in [0.4, 0.5) is 0 Å². The summed E-state index contributed by atoms with van der Waals surface area (Å²) in [7, 11) is 0. The SMILES string of the molecule is CCCN(C(=O)c1ccc2cc(Br)ccc2c1)C(C)C. The van der Waals surface area contributed by atoms with Crippen LogP contribution in [0.25, 0.3) is 10.8 Å². The maximum Gasteiger partial charge on any atom is 0.254 e. The molecule has 2 aromatic carbocycles. The molecule has 2 nitrogen and oxygen atoms in total. The van der Waals surface area contributed by atoms with Gasteiger partial charge in [0.15, 0.2) is 0 Å². The molecule has 2 aromatic rings. The van der Waals surface area contributed by atoms with E-state index in [1.807, 2.05) is 35.2 Å². The van der Waals surface area contributed by atoms with Gasteiger partial charge in [0.25, 0.3) is 5.91 Å². The first-order chi connectivity index (χ1) is 9.52. The van der Waals surface area contributed by atoms with Crippen molar-refractivity contribution in [2.45, 2.75) is 33.2 Å². The minimum atomic E-state index is 0.117. The minimum Gasteiger partial charge on any atom is -0.336 e. The average Bonchev–Trinajstić information content (AvgIpc) is 2.43. The number of amides is 1. The fraction of sp³-hybridized carbons (Fsp3) is 0.353. The van der Waals surface area contributed by atoms with Gasteiger partial charge in [0.1, 0.15) is 0 Å². The van der Waals surface area contributed by atoms with Crippen LogP contribution < -0.4 is 0 Å². The Hall–Kier alpha value is -1.35. The van der Waals surface area contributed by atoms with Crippen molar-refractivity contribution in [2.75, 3.05) is 6.54 Å². The Morgan fingerprint density at radius 1 is 1.15 bits per heavy atom. The first-order valence-corrected chi connectivity index (χ1v) is 7.82. The van der Waals surface area contributed by atoms with Gasteiger partial charge in [0, 0.05) is 22.6 Å². The summed E-state index contributed by atoms with van der Waals surface area (Å²) >= 11 is 3.47. The lowest BCUT2D eigenvalue weighted by Crippen LogP contribution is -2.37. The van der Waals surface area contributed by atoms with Crippen LogP contribution >= 0.6 is 15.9 Å². The van der Waals surface area contributed by atoms with E-state index < -0.39 is 0 Å². The van der Waals surface area contributed by atoms with Crippen molar-refractivity contribution in [3.63, 3.8) is 0 Å². The Morgan fingerprint density at radius 2 is 1.80 bits per heavy atom. The molecule has 3 heteroatoms. The molecule has 20 heavy (non-hydrogen) atoms. The Bertz CT molecular complexity index is 621. The third kappa shape index (κ3) is 3.21. The summed E-state index contributed by atoms with van der Waals surface area (Å²) in [5, 5.41) is 2.24. The van der Waals surface area contributed by atoms with Gasteiger partial charge in [0.2, 0.25) is 0 Å². The molecule has 0 bridgehead atoms. The number of nitrogens with zero attached hydrogens (tertiary/aromatic N) is 1. The molecular formula is C17H20BrNO. The van der Waals surface area contributed by atoms with Gasteiger partial charge in [-0.1, -0.05) is 35.0 Å². The van der Waals surface area contributed by atoms with E-state index in [4.69, 9.17) is 0 Å². The van der Waals surface area contributed by atoms with Crippen LogP contribution in [0.5, 0.6) is 0 Å². The summed E-state index contributed by atoms with van der Waals surface area (Å²) in [6, 6.07) is 12.2. The van der Waals surface area contributed by atoms with Gasteiger partial charge in [0.05, 0.1) is 0 Å². The summed E-state index contributed by atoms with van der Waals surface area (Å²) in [4.78, 5) is 14.5. The molecule has 0 aliphatic rings. The average molecular weight is 334 g/mol. The van der Waals surface area contributed by atoms with Crippen LogP contribution in [0.3, 0.4) is 0 Å². The molecule has 106 valence electrons. The smallest absolute Gasteiger partial charge is 0.254 e. The molecule has 0 aromatic heterocycles. The van der Waals surface area contributed by atoms with Gasteiger partial charge in [-0.25, -0.2) is 0 Å². The summed E-state index contributed by atoms with van der Waals surface area (Å²) in [6.45, 7) is 7.02. The van der Waals surface area contributed by atoms with Gasteiger partial charge in [-0.2, -0.15) is 0 Å². The molecular weight excluding hydrogens is 314 g/mol. The fourth-order valence-electron chi connectivity index (χ4n) is 2.35. The molecule has 0 aliphatic heterocycles. The molecule has 0 radical (unpaired) electrons. The Morgan fingerprint density at radius 3 is 2.45 bits per heavy atom. The second-order valence-corrected chi connectivity index (χ2v) is 6.21. The monoisotopic (exact) mass is 333 g/mol. The standard InChI is InChI=1S/C17H20BrNO/c1-4-9-19(12(2)3)17(20)15-6-5-14-11-16(18)8-7-13(14)10-15/h5-8,10-12H,4,9H2,1-3H3. The van der Waals surface area contributed by atoms with Crippen molar-refractivity contribution >= 4 is 32.6 Å². The molecule has 2 rings (SSSR count). The lowest BCUT2D eigenvalue weighted by Gasteiger charge is -2.26. The van der Waals surface area contributed by atoms with Crippen LogP contribution in [0.2, 0.25) is 0 Å². The second-order valence-electron chi connectivity index (χ2n) is 5.30. The second kappa shape index (κ2) is 6.40. The quantitative estimate of drug-likeness (QED) is 0.782. The Labute approximate surface area is 128 Å². The van der Waals surface area contributed by atoms with Gasteiger partial charge < -0.3 is 4.90 Å². The van der Waals surface area contributed by atoms with Crippen LogP contribution in [0, 0.1) is 0 Å². The zero-order valence-corrected chi connectivity index (χ0v) is 13.8. The minimum absolute atomic E-state index is 0.117. The van der Waals surface area contributed by atoms with Gasteiger partial charge in [-0.15, -0.1) is 0 Å². The van der Waals surface area contributed by atoms with E-state index in [-0.39, 0.29) is 11.9 Å². The maximum absolute atomic E-state index is 12.6. The first kappa shape index (κ1) is 15.0. The molecule has 0 heterocycles. The summed E-state index contributed by atoms with van der Waals surface area (Å²) in [6.07, 6.45) is 0.977. The van der Waals surface area contributed by atoms with Crippen LogP contribution in [0.15, 0.2) is 40.9 Å². The van der Waals surface area contributed by atoms with E-state index in [0.717, 1.165) is 33.8 Å². The predicted octanol–water partition coefficient (Wildman–Crippen LogP) is 4.86. The number of hydrogen-bond acceptors (Lipinski definition) is 1. The number of halogens is 1. The van der Waals surface area contributed by atoms with E-state index in [1.165, 1.54) is 0 Å². The number of fused-ring (bicyclic) bond motifs is 1. The number of carbonyl (C=O) groups excluding carboxylic acids is 1. The zero-order valence-electron chi connectivity index (χ0n) is 12.2. The normalized spacial score (nSPS) is 11.1. The summed E-state index contributed by atoms with van der Waals surface area (Å²) < 4.78 is 1.05. The fourth-order valence-corrected chi connectivity index (χ4v) is 2.73. The maximum atomic E-state index is 12.6. The van der Waals surface area contributed by atoms with E-state index in [0.29, 0.717) is 0 Å². The van der Waals surface area contributed by atoms with Crippen LogP contribution in [0.1, 0.15) is 37.6 Å². The van der Waals surface area contributed by atoms with Crippen LogP contribution in [-0.4, -0.2) is 23.4 Å². The molecule has 0 N–H and O–H groups in total. The van der Waals surface area contributed by atoms with E-state index >= 15 is 0 Å². The number of benzene rings is 2. The lowest BCUT2D eigenvalue weighted by molar-refractivity contribution is 0.0706. The summed E-state index contributed by atoms with van der Waals surface area (Å²) in [5.74, 6) is 0.117. The summed E-state index contributed by atoms with van der Waals surface area (Å²) in [5.41, 5.74) is 0.766. The molecule has 0 saturated carbocycles. The lowest BCUT2D eigenvalue weighted by atomic mass is 10.1. The molecule has 0 fully saturated rings. The molecule has 0 aliphatic carbocycles. The highest BCUT2D eigenvalue weighted by Crippen LogP contribution is 2.22. The van der Waals surface area contributed by atoms with Crippen molar-refractivity contribution in [2.24, 2.45) is 0 Å². The van der Waals surface area contributed by atoms with Gasteiger partial charge in [-0.05, 0) is 55.3 Å². The van der Waals surface area contributed by atoms with Crippen LogP contribution in [-0.2, 0) is 0 Å². The van der Waals surface area contributed by atoms with Crippen molar-refractivity contribution in [1.29, 1.82) is 0 Å². The van der Waals surface area contributed by atoms with E-state index in [9.17, 15) is 4.79 Å². The number of rotatable bonds is 4. The number of hydrogen-bond donors (Lipinski definition) is 0. The highest BCUT2D eigenvalue weighted by Gasteiger charge is 2.17. The molecule has 0 unspecified atom stereocenters.